The van der Waals surface area contributed by atoms with E-state index in [1.807, 2.05) is 6.92 Å². The van der Waals surface area contributed by atoms with E-state index in [-0.39, 0.29) is 11.3 Å². The van der Waals surface area contributed by atoms with Crippen molar-refractivity contribution < 1.29 is 23.9 Å². The Labute approximate surface area is 145 Å². The molecular formula is C19H19NO5. The zero-order valence-corrected chi connectivity index (χ0v) is 14.3. The van der Waals surface area contributed by atoms with Crippen LogP contribution in [-0.4, -0.2) is 31.4 Å². The van der Waals surface area contributed by atoms with Gasteiger partial charge >= 0.3 is 5.97 Å². The number of anilines is 1. The van der Waals surface area contributed by atoms with Crippen molar-refractivity contribution in [2.75, 3.05) is 19.0 Å². The van der Waals surface area contributed by atoms with E-state index in [2.05, 4.69) is 5.32 Å². The highest BCUT2D eigenvalue weighted by Crippen LogP contribution is 2.20. The number of ether oxygens (including phenoxy) is 2. The summed E-state index contributed by atoms with van der Waals surface area (Å²) in [6.45, 7) is 2.78. The first-order chi connectivity index (χ1) is 11.9. The summed E-state index contributed by atoms with van der Waals surface area (Å²) >= 11 is 0. The summed E-state index contributed by atoms with van der Waals surface area (Å²) in [4.78, 5) is 35.7. The molecule has 0 saturated carbocycles. The molecule has 0 aliphatic heterocycles. The molecule has 0 fully saturated rings. The molecule has 6 nitrogen and oxygen atoms in total. The number of methoxy groups -OCH3 is 1. The highest BCUT2D eigenvalue weighted by atomic mass is 16.5. The van der Waals surface area contributed by atoms with Crippen molar-refractivity contribution in [1.29, 1.82) is 0 Å². The summed E-state index contributed by atoms with van der Waals surface area (Å²) in [5.74, 6) is -0.987. The van der Waals surface area contributed by atoms with E-state index in [0.717, 1.165) is 5.56 Å². The minimum absolute atomic E-state index is 0.169. The zero-order chi connectivity index (χ0) is 18.4. The quantitative estimate of drug-likeness (QED) is 0.645. The first-order valence-electron chi connectivity index (χ1n) is 7.64. The Balaban J connectivity index is 2.02. The number of rotatable bonds is 6. The van der Waals surface area contributed by atoms with Crippen molar-refractivity contribution in [3.05, 3.63) is 59.2 Å². The molecule has 0 aliphatic carbocycles. The summed E-state index contributed by atoms with van der Waals surface area (Å²) in [5, 5.41) is 2.57. The van der Waals surface area contributed by atoms with Crippen molar-refractivity contribution >= 4 is 23.3 Å². The Morgan fingerprint density at radius 3 is 2.44 bits per heavy atom. The molecule has 0 aromatic heterocycles. The summed E-state index contributed by atoms with van der Waals surface area (Å²) in [7, 11) is 1.45. The molecule has 0 saturated heterocycles. The zero-order valence-electron chi connectivity index (χ0n) is 14.3. The molecule has 0 spiro atoms. The van der Waals surface area contributed by atoms with E-state index in [1.54, 1.807) is 42.5 Å². The molecule has 0 bridgehead atoms. The molecule has 0 unspecified atom stereocenters. The molecule has 1 amide bonds. The number of aryl methyl sites for hydroxylation is 1. The van der Waals surface area contributed by atoms with Crippen molar-refractivity contribution in [1.82, 2.24) is 0 Å². The minimum atomic E-state index is -0.657. The van der Waals surface area contributed by atoms with Crippen LogP contribution in [0, 0.1) is 6.92 Å². The maximum atomic E-state index is 12.2. The Bertz CT molecular complexity index is 813. The van der Waals surface area contributed by atoms with Gasteiger partial charge in [-0.1, -0.05) is 23.8 Å². The lowest BCUT2D eigenvalue weighted by Gasteiger charge is -2.11. The lowest BCUT2D eigenvalue weighted by atomic mass is 10.1. The third kappa shape index (κ3) is 4.67. The number of nitrogens with one attached hydrogen (secondary N) is 1. The predicted molar refractivity (Wildman–Crippen MR) is 93.1 cm³/mol. The third-order valence-electron chi connectivity index (χ3n) is 3.49. The van der Waals surface area contributed by atoms with Gasteiger partial charge in [0.1, 0.15) is 11.3 Å². The van der Waals surface area contributed by atoms with Crippen molar-refractivity contribution in [3.8, 4) is 5.75 Å². The number of Topliss-reactive ketones (excluding diaryl/α,β-unsaturated/α-hetero) is 1. The topological polar surface area (TPSA) is 81.7 Å². The summed E-state index contributed by atoms with van der Waals surface area (Å²) in [5.41, 5.74) is 1.89. The third-order valence-corrected chi connectivity index (χ3v) is 3.49. The number of ketones is 1. The maximum Gasteiger partial charge on any atom is 0.342 e. The minimum Gasteiger partial charge on any atom is -0.496 e. The van der Waals surface area contributed by atoms with Gasteiger partial charge in [0.25, 0.3) is 5.91 Å². The molecule has 2 aromatic rings. The van der Waals surface area contributed by atoms with Crippen LogP contribution in [-0.2, 0) is 9.53 Å². The number of hydrogen-bond acceptors (Lipinski definition) is 5. The van der Waals surface area contributed by atoms with Gasteiger partial charge in [0.15, 0.2) is 12.4 Å². The first kappa shape index (κ1) is 18.2. The first-order valence-corrected chi connectivity index (χ1v) is 7.64. The van der Waals surface area contributed by atoms with Crippen LogP contribution in [0.5, 0.6) is 5.75 Å². The normalized spacial score (nSPS) is 10.0. The molecule has 0 heterocycles. The molecule has 25 heavy (non-hydrogen) atoms. The van der Waals surface area contributed by atoms with E-state index in [0.29, 0.717) is 17.0 Å². The smallest absolute Gasteiger partial charge is 0.342 e. The van der Waals surface area contributed by atoms with Crippen LogP contribution < -0.4 is 10.1 Å². The standard InChI is InChI=1S/C19H19NO5/c1-12-8-9-17(24-3)15(10-12)19(23)25-11-18(22)20-16-7-5-4-6-14(16)13(2)21/h4-10H,11H2,1-3H3,(H,20,22). The van der Waals surface area contributed by atoms with Gasteiger partial charge in [-0.3, -0.25) is 9.59 Å². The predicted octanol–water partition coefficient (Wildman–Crippen LogP) is 3.00. The molecule has 0 radical (unpaired) electrons. The van der Waals surface area contributed by atoms with Gasteiger partial charge in [0.2, 0.25) is 0 Å². The monoisotopic (exact) mass is 341 g/mol. The molecule has 2 rings (SSSR count). The number of carbonyl (C=O) groups excluding carboxylic acids is 3. The van der Waals surface area contributed by atoms with Crippen LogP contribution in [0.3, 0.4) is 0 Å². The van der Waals surface area contributed by atoms with Crippen molar-refractivity contribution in [3.63, 3.8) is 0 Å². The van der Waals surface area contributed by atoms with E-state index >= 15 is 0 Å². The number of hydrogen-bond donors (Lipinski definition) is 1. The number of benzene rings is 2. The second-order valence-electron chi connectivity index (χ2n) is 5.43. The molecule has 1 N–H and O–H groups in total. The SMILES string of the molecule is COc1ccc(C)cc1C(=O)OCC(=O)Nc1ccccc1C(C)=O. The lowest BCUT2D eigenvalue weighted by molar-refractivity contribution is -0.119. The van der Waals surface area contributed by atoms with Gasteiger partial charge in [-0.25, -0.2) is 4.79 Å². The summed E-state index contributed by atoms with van der Waals surface area (Å²) < 4.78 is 10.2. The van der Waals surface area contributed by atoms with Crippen LogP contribution >= 0.6 is 0 Å². The summed E-state index contributed by atoms with van der Waals surface area (Å²) in [6, 6.07) is 11.7. The van der Waals surface area contributed by atoms with Crippen molar-refractivity contribution in [2.45, 2.75) is 13.8 Å². The van der Waals surface area contributed by atoms with Crippen LogP contribution in [0.1, 0.15) is 33.2 Å². The Kier molecular flexibility index (Phi) is 5.89. The van der Waals surface area contributed by atoms with Gasteiger partial charge in [0.05, 0.1) is 12.8 Å². The highest BCUT2D eigenvalue weighted by Gasteiger charge is 2.16. The van der Waals surface area contributed by atoms with Gasteiger partial charge in [0, 0.05) is 5.56 Å². The van der Waals surface area contributed by atoms with E-state index < -0.39 is 18.5 Å². The Morgan fingerprint density at radius 2 is 1.76 bits per heavy atom. The van der Waals surface area contributed by atoms with E-state index in [1.165, 1.54) is 14.0 Å². The van der Waals surface area contributed by atoms with Gasteiger partial charge < -0.3 is 14.8 Å². The lowest BCUT2D eigenvalue weighted by Crippen LogP contribution is -2.22. The number of carbonyl (C=O) groups is 3. The Morgan fingerprint density at radius 1 is 1.04 bits per heavy atom. The maximum absolute atomic E-state index is 12.2. The second-order valence-corrected chi connectivity index (χ2v) is 5.43. The number of amides is 1. The Hall–Kier alpha value is -3.15. The summed E-state index contributed by atoms with van der Waals surface area (Å²) in [6.07, 6.45) is 0. The number of esters is 1. The van der Waals surface area contributed by atoms with Gasteiger partial charge in [-0.2, -0.15) is 0 Å². The fourth-order valence-corrected chi connectivity index (χ4v) is 2.28. The van der Waals surface area contributed by atoms with Crippen LogP contribution in [0.15, 0.2) is 42.5 Å². The van der Waals surface area contributed by atoms with Crippen LogP contribution in [0.4, 0.5) is 5.69 Å². The molecule has 130 valence electrons. The number of para-hydroxylation sites is 1. The molecule has 6 heteroatoms. The van der Waals surface area contributed by atoms with Crippen LogP contribution in [0.25, 0.3) is 0 Å². The highest BCUT2D eigenvalue weighted by molar-refractivity contribution is 6.04. The average Bonchev–Trinajstić information content (AvgIpc) is 2.60. The average molecular weight is 341 g/mol. The van der Waals surface area contributed by atoms with Gasteiger partial charge in [-0.05, 0) is 38.1 Å². The molecule has 0 aliphatic rings. The van der Waals surface area contributed by atoms with Gasteiger partial charge in [-0.15, -0.1) is 0 Å². The molecule has 0 atom stereocenters. The fraction of sp³-hybridized carbons (Fsp3) is 0.211. The molecular weight excluding hydrogens is 322 g/mol. The molecule has 2 aromatic carbocycles. The van der Waals surface area contributed by atoms with E-state index in [9.17, 15) is 14.4 Å². The largest absolute Gasteiger partial charge is 0.496 e. The van der Waals surface area contributed by atoms with E-state index in [4.69, 9.17) is 9.47 Å². The van der Waals surface area contributed by atoms with Crippen LogP contribution in [0.2, 0.25) is 0 Å². The fourth-order valence-electron chi connectivity index (χ4n) is 2.28. The van der Waals surface area contributed by atoms with Crippen molar-refractivity contribution in [2.24, 2.45) is 0 Å². The second kappa shape index (κ2) is 8.10.